The Morgan fingerprint density at radius 2 is 1.27 bits per heavy atom. The van der Waals surface area contributed by atoms with E-state index in [4.69, 9.17) is 0 Å². The van der Waals surface area contributed by atoms with Crippen LogP contribution in [0.25, 0.3) is 0 Å². The van der Waals surface area contributed by atoms with Gasteiger partial charge in [-0.15, -0.1) is 0 Å². The minimum Gasteiger partial charge on any atom is -0.469 e. The zero-order chi connectivity index (χ0) is 19.0. The van der Waals surface area contributed by atoms with Crippen LogP contribution in [0.1, 0.15) is 56.9 Å². The van der Waals surface area contributed by atoms with Crippen LogP contribution in [0.4, 0.5) is 0 Å². The molecule has 26 heavy (non-hydrogen) atoms. The number of carbonyl (C=O) groups is 2. The van der Waals surface area contributed by atoms with Crippen LogP contribution in [-0.2, 0) is 25.6 Å². The van der Waals surface area contributed by atoms with Crippen molar-refractivity contribution in [1.29, 1.82) is 0 Å². The molecule has 0 bridgehead atoms. The van der Waals surface area contributed by atoms with E-state index in [0.717, 1.165) is 58.2 Å². The Balaban J connectivity index is 2.31. The van der Waals surface area contributed by atoms with E-state index in [1.54, 1.807) is 0 Å². The minimum atomic E-state index is -0.128. The molecule has 0 radical (unpaired) electrons. The van der Waals surface area contributed by atoms with Gasteiger partial charge >= 0.3 is 11.9 Å². The SMILES string of the molecule is COC(=O)CCCCCN(CCCCCC(=O)OC)Cc1ccccc1. The van der Waals surface area contributed by atoms with Crippen molar-refractivity contribution >= 4 is 11.9 Å². The first-order valence-electron chi connectivity index (χ1n) is 9.55. The average Bonchev–Trinajstić information content (AvgIpc) is 2.67. The van der Waals surface area contributed by atoms with E-state index >= 15 is 0 Å². The fourth-order valence-corrected chi connectivity index (χ4v) is 2.88. The monoisotopic (exact) mass is 363 g/mol. The smallest absolute Gasteiger partial charge is 0.305 e. The molecule has 0 saturated heterocycles. The van der Waals surface area contributed by atoms with Gasteiger partial charge in [0, 0.05) is 19.4 Å². The van der Waals surface area contributed by atoms with Gasteiger partial charge in [0.25, 0.3) is 0 Å². The van der Waals surface area contributed by atoms with Gasteiger partial charge in [0.15, 0.2) is 0 Å². The number of unbranched alkanes of at least 4 members (excludes halogenated alkanes) is 4. The number of nitrogens with zero attached hydrogens (tertiary/aromatic N) is 1. The first-order chi connectivity index (χ1) is 12.7. The molecule has 1 rings (SSSR count). The Labute approximate surface area is 157 Å². The first-order valence-corrected chi connectivity index (χ1v) is 9.55. The second-order valence-electron chi connectivity index (χ2n) is 6.54. The lowest BCUT2D eigenvalue weighted by atomic mass is 10.1. The van der Waals surface area contributed by atoms with Crippen LogP contribution in [-0.4, -0.2) is 44.1 Å². The first kappa shape index (κ1) is 22.2. The number of ether oxygens (including phenoxy) is 2. The summed E-state index contributed by atoms with van der Waals surface area (Å²) in [5.74, 6) is -0.256. The van der Waals surface area contributed by atoms with Gasteiger partial charge in [-0.3, -0.25) is 14.5 Å². The molecule has 146 valence electrons. The zero-order valence-electron chi connectivity index (χ0n) is 16.2. The summed E-state index contributed by atoms with van der Waals surface area (Å²) in [6.07, 6.45) is 6.98. The van der Waals surface area contributed by atoms with Crippen molar-refractivity contribution in [3.05, 3.63) is 35.9 Å². The van der Waals surface area contributed by atoms with Crippen molar-refractivity contribution in [2.24, 2.45) is 0 Å². The Morgan fingerprint density at radius 1 is 0.769 bits per heavy atom. The molecule has 0 spiro atoms. The Kier molecular flexibility index (Phi) is 12.2. The van der Waals surface area contributed by atoms with E-state index in [9.17, 15) is 9.59 Å². The minimum absolute atomic E-state index is 0.128. The third kappa shape index (κ3) is 10.9. The van der Waals surface area contributed by atoms with Gasteiger partial charge in [0.2, 0.25) is 0 Å². The topological polar surface area (TPSA) is 55.8 Å². The fraction of sp³-hybridized carbons (Fsp3) is 0.619. The third-order valence-corrected chi connectivity index (χ3v) is 4.41. The molecule has 0 aliphatic rings. The number of methoxy groups -OCH3 is 2. The number of hydrogen-bond acceptors (Lipinski definition) is 5. The Morgan fingerprint density at radius 3 is 1.73 bits per heavy atom. The maximum absolute atomic E-state index is 11.2. The predicted molar refractivity (Wildman–Crippen MR) is 103 cm³/mol. The van der Waals surface area contributed by atoms with Crippen LogP contribution in [0, 0.1) is 0 Å². The highest BCUT2D eigenvalue weighted by atomic mass is 16.5. The molecule has 1 aromatic rings. The summed E-state index contributed by atoms with van der Waals surface area (Å²) < 4.78 is 9.35. The molecule has 5 heteroatoms. The summed E-state index contributed by atoms with van der Waals surface area (Å²) in [6.45, 7) is 2.98. The van der Waals surface area contributed by atoms with Crippen LogP contribution < -0.4 is 0 Å². The van der Waals surface area contributed by atoms with Crippen LogP contribution in [0.3, 0.4) is 0 Å². The van der Waals surface area contributed by atoms with Gasteiger partial charge in [0.05, 0.1) is 14.2 Å². The Hall–Kier alpha value is -1.88. The lowest BCUT2D eigenvalue weighted by Gasteiger charge is -2.22. The second-order valence-corrected chi connectivity index (χ2v) is 6.54. The van der Waals surface area contributed by atoms with Gasteiger partial charge in [-0.1, -0.05) is 43.2 Å². The molecule has 1 aromatic carbocycles. The summed E-state index contributed by atoms with van der Waals surface area (Å²) >= 11 is 0. The van der Waals surface area contributed by atoms with Gasteiger partial charge in [-0.05, 0) is 44.3 Å². The predicted octanol–water partition coefficient (Wildman–Crippen LogP) is 3.96. The molecular formula is C21H33NO4. The molecule has 0 N–H and O–H groups in total. The molecule has 0 aliphatic heterocycles. The van der Waals surface area contributed by atoms with Crippen molar-refractivity contribution in [2.75, 3.05) is 27.3 Å². The van der Waals surface area contributed by atoms with E-state index in [1.165, 1.54) is 19.8 Å². The van der Waals surface area contributed by atoms with E-state index in [2.05, 4.69) is 38.6 Å². The van der Waals surface area contributed by atoms with E-state index < -0.39 is 0 Å². The summed E-state index contributed by atoms with van der Waals surface area (Å²) in [4.78, 5) is 24.8. The number of carbonyl (C=O) groups excluding carboxylic acids is 2. The maximum atomic E-state index is 11.2. The summed E-state index contributed by atoms with van der Waals surface area (Å²) in [6, 6.07) is 10.5. The molecule has 5 nitrogen and oxygen atoms in total. The van der Waals surface area contributed by atoms with E-state index in [0.29, 0.717) is 12.8 Å². The lowest BCUT2D eigenvalue weighted by Crippen LogP contribution is -2.25. The number of benzene rings is 1. The summed E-state index contributed by atoms with van der Waals surface area (Å²) in [7, 11) is 2.87. The molecule has 0 unspecified atom stereocenters. The third-order valence-electron chi connectivity index (χ3n) is 4.41. The largest absolute Gasteiger partial charge is 0.469 e. The fourth-order valence-electron chi connectivity index (χ4n) is 2.88. The molecule has 0 atom stereocenters. The van der Waals surface area contributed by atoms with Crippen molar-refractivity contribution in [3.63, 3.8) is 0 Å². The van der Waals surface area contributed by atoms with Crippen molar-refractivity contribution in [3.8, 4) is 0 Å². The quantitative estimate of drug-likeness (QED) is 0.370. The average molecular weight is 363 g/mol. The zero-order valence-corrected chi connectivity index (χ0v) is 16.2. The summed E-state index contributed by atoms with van der Waals surface area (Å²) in [5.41, 5.74) is 1.32. The van der Waals surface area contributed by atoms with Gasteiger partial charge in [0.1, 0.15) is 0 Å². The standard InChI is InChI=1S/C21H33NO4/c1-25-20(23)14-8-4-10-16-22(18-19-12-6-3-7-13-19)17-11-5-9-15-21(24)26-2/h3,6-7,12-13H,4-5,8-11,14-18H2,1-2H3. The highest BCUT2D eigenvalue weighted by Crippen LogP contribution is 2.10. The summed E-state index contributed by atoms with van der Waals surface area (Å²) in [5, 5.41) is 0. The van der Waals surface area contributed by atoms with Gasteiger partial charge in [-0.2, -0.15) is 0 Å². The van der Waals surface area contributed by atoms with E-state index in [1.807, 2.05) is 6.07 Å². The molecule has 0 fully saturated rings. The number of esters is 2. The number of hydrogen-bond donors (Lipinski definition) is 0. The molecule has 0 aromatic heterocycles. The normalized spacial score (nSPS) is 10.7. The van der Waals surface area contributed by atoms with E-state index in [-0.39, 0.29) is 11.9 Å². The van der Waals surface area contributed by atoms with Gasteiger partial charge in [-0.25, -0.2) is 0 Å². The Bertz CT molecular complexity index is 478. The highest BCUT2D eigenvalue weighted by molar-refractivity contribution is 5.69. The van der Waals surface area contributed by atoms with Crippen molar-refractivity contribution in [1.82, 2.24) is 4.90 Å². The van der Waals surface area contributed by atoms with Crippen molar-refractivity contribution < 1.29 is 19.1 Å². The van der Waals surface area contributed by atoms with Crippen molar-refractivity contribution in [2.45, 2.75) is 57.9 Å². The number of rotatable bonds is 14. The van der Waals surface area contributed by atoms with Crippen LogP contribution in [0.5, 0.6) is 0 Å². The van der Waals surface area contributed by atoms with Gasteiger partial charge < -0.3 is 9.47 Å². The molecule has 0 amide bonds. The molecule has 0 heterocycles. The second kappa shape index (κ2) is 14.3. The molecule has 0 aliphatic carbocycles. The highest BCUT2D eigenvalue weighted by Gasteiger charge is 2.07. The van der Waals surface area contributed by atoms with Crippen LogP contribution in [0.15, 0.2) is 30.3 Å². The maximum Gasteiger partial charge on any atom is 0.305 e. The molecule has 0 saturated carbocycles. The lowest BCUT2D eigenvalue weighted by molar-refractivity contribution is -0.141. The van der Waals surface area contributed by atoms with Crippen LogP contribution in [0.2, 0.25) is 0 Å². The molecular weight excluding hydrogens is 330 g/mol. The van der Waals surface area contributed by atoms with Crippen LogP contribution >= 0.6 is 0 Å².